The van der Waals surface area contributed by atoms with Gasteiger partial charge in [-0.15, -0.1) is 0 Å². The van der Waals surface area contributed by atoms with Gasteiger partial charge in [0, 0.05) is 18.8 Å². The molecule has 0 bridgehead atoms. The van der Waals surface area contributed by atoms with Gasteiger partial charge in [0.1, 0.15) is 6.10 Å². The number of hydrogen-bond donors (Lipinski definition) is 2. The first-order valence-electron chi connectivity index (χ1n) is 13.5. The zero-order valence-electron chi connectivity index (χ0n) is 21.6. The molecule has 7 rings (SSSR count). The SMILES string of the molecule is O=C1OC23C(c4ccccc4)CC(=O)C(O)(c4ccccc4)C2(OC3c2ccccc2)C1(O)Cc1ccccc1. The highest BCUT2D eigenvalue weighted by atomic mass is 16.7. The lowest BCUT2D eigenvalue weighted by molar-refractivity contribution is -0.418. The molecule has 1 saturated carbocycles. The zero-order chi connectivity index (χ0) is 27.6. The van der Waals surface area contributed by atoms with Gasteiger partial charge in [0.25, 0.3) is 0 Å². The van der Waals surface area contributed by atoms with Gasteiger partial charge in [-0.05, 0) is 22.3 Å². The van der Waals surface area contributed by atoms with E-state index in [2.05, 4.69) is 0 Å². The van der Waals surface area contributed by atoms with Crippen molar-refractivity contribution >= 4 is 11.8 Å². The van der Waals surface area contributed by atoms with Gasteiger partial charge in [-0.1, -0.05) is 121 Å². The van der Waals surface area contributed by atoms with Crippen LogP contribution < -0.4 is 0 Å². The first-order chi connectivity index (χ1) is 19.4. The van der Waals surface area contributed by atoms with Crippen LogP contribution in [0.1, 0.15) is 40.7 Å². The van der Waals surface area contributed by atoms with Crippen molar-refractivity contribution in [2.24, 2.45) is 0 Å². The summed E-state index contributed by atoms with van der Waals surface area (Å²) in [6.45, 7) is 0. The van der Waals surface area contributed by atoms with Crippen molar-refractivity contribution in [1.29, 1.82) is 0 Å². The molecule has 6 atom stereocenters. The molecule has 2 N–H and O–H groups in total. The Balaban J connectivity index is 1.54. The van der Waals surface area contributed by atoms with E-state index < -0.39 is 46.2 Å². The highest BCUT2D eigenvalue weighted by molar-refractivity contribution is 5.99. The first kappa shape index (κ1) is 24.9. The Morgan fingerprint density at radius 2 is 1.23 bits per heavy atom. The van der Waals surface area contributed by atoms with E-state index in [0.29, 0.717) is 5.56 Å². The molecule has 2 aliphatic heterocycles. The van der Waals surface area contributed by atoms with Gasteiger partial charge < -0.3 is 19.7 Å². The van der Waals surface area contributed by atoms with Crippen LogP contribution in [0.3, 0.4) is 0 Å². The first-order valence-corrected chi connectivity index (χ1v) is 13.5. The number of hydrogen-bond acceptors (Lipinski definition) is 6. The molecule has 0 amide bonds. The number of ether oxygens (including phenoxy) is 2. The zero-order valence-corrected chi connectivity index (χ0v) is 21.6. The van der Waals surface area contributed by atoms with Crippen LogP contribution in [0.2, 0.25) is 0 Å². The third-order valence-corrected chi connectivity index (χ3v) is 9.03. The minimum atomic E-state index is -2.38. The lowest BCUT2D eigenvalue weighted by Crippen LogP contribution is -2.88. The van der Waals surface area contributed by atoms with Crippen molar-refractivity contribution in [2.75, 3.05) is 0 Å². The second kappa shape index (κ2) is 8.70. The Morgan fingerprint density at radius 1 is 0.700 bits per heavy atom. The maximum absolute atomic E-state index is 14.3. The van der Waals surface area contributed by atoms with E-state index in [0.717, 1.165) is 11.1 Å². The summed E-state index contributed by atoms with van der Waals surface area (Å²) in [4.78, 5) is 28.4. The normalized spacial score (nSPS) is 34.4. The molecule has 0 radical (unpaired) electrons. The fraction of sp³-hybridized carbons (Fsp3) is 0.235. The molecule has 3 aliphatic rings. The van der Waals surface area contributed by atoms with Gasteiger partial charge >= 0.3 is 5.97 Å². The van der Waals surface area contributed by atoms with Gasteiger partial charge in [-0.3, -0.25) is 4.79 Å². The Morgan fingerprint density at radius 3 is 1.82 bits per heavy atom. The van der Waals surface area contributed by atoms with Crippen molar-refractivity contribution in [1.82, 2.24) is 0 Å². The Bertz CT molecular complexity index is 1580. The van der Waals surface area contributed by atoms with Gasteiger partial charge in [-0.25, -0.2) is 4.79 Å². The number of esters is 1. The summed E-state index contributed by atoms with van der Waals surface area (Å²) in [6, 6.07) is 36.2. The van der Waals surface area contributed by atoms with Crippen LogP contribution in [0.4, 0.5) is 0 Å². The number of rotatable bonds is 5. The van der Waals surface area contributed by atoms with Crippen molar-refractivity contribution < 1.29 is 29.3 Å². The molecule has 1 aliphatic carbocycles. The fourth-order valence-electron chi connectivity index (χ4n) is 7.38. The fourth-order valence-corrected chi connectivity index (χ4v) is 7.38. The topological polar surface area (TPSA) is 93.1 Å². The monoisotopic (exact) mass is 532 g/mol. The van der Waals surface area contributed by atoms with Gasteiger partial charge in [-0.2, -0.15) is 0 Å². The van der Waals surface area contributed by atoms with Crippen molar-refractivity contribution in [2.45, 2.75) is 47.3 Å². The van der Waals surface area contributed by atoms with E-state index in [1.165, 1.54) is 0 Å². The Kier molecular flexibility index (Phi) is 5.42. The third kappa shape index (κ3) is 2.93. The lowest BCUT2D eigenvalue weighted by Gasteiger charge is -2.69. The van der Waals surface area contributed by atoms with E-state index in [-0.39, 0.29) is 18.4 Å². The second-order valence-corrected chi connectivity index (χ2v) is 11.0. The van der Waals surface area contributed by atoms with Crippen molar-refractivity contribution in [3.63, 3.8) is 0 Å². The molecular weight excluding hydrogens is 504 g/mol. The van der Waals surface area contributed by atoms with E-state index in [1.807, 2.05) is 66.7 Å². The highest BCUT2D eigenvalue weighted by Crippen LogP contribution is 2.76. The van der Waals surface area contributed by atoms with E-state index in [9.17, 15) is 19.8 Å². The summed E-state index contributed by atoms with van der Waals surface area (Å²) >= 11 is 0. The number of aliphatic hydroxyl groups is 2. The molecule has 6 heteroatoms. The van der Waals surface area contributed by atoms with Gasteiger partial charge in [0.2, 0.25) is 5.60 Å². The highest BCUT2D eigenvalue weighted by Gasteiger charge is 2.95. The molecule has 200 valence electrons. The number of ketones is 1. The standard InChI is InChI=1S/C34H28O6/c35-28-21-27(24-15-7-2-8-16-24)33-29(25-17-9-3-10-18-25)39-34(33,32(28,38)26-19-11-4-12-20-26)31(37,30(36)40-33)22-23-13-5-1-6-14-23/h1-20,27,29,37-38H,21-22H2. The Hall–Kier alpha value is -4.10. The Labute approximate surface area is 231 Å². The van der Waals surface area contributed by atoms with E-state index in [1.54, 1.807) is 54.6 Å². The van der Waals surface area contributed by atoms with Gasteiger partial charge in [0.15, 0.2) is 22.6 Å². The molecule has 2 heterocycles. The van der Waals surface area contributed by atoms with Crippen LogP contribution in [-0.2, 0) is 31.1 Å². The number of benzene rings is 4. The maximum Gasteiger partial charge on any atom is 0.342 e. The molecule has 0 aromatic heterocycles. The lowest BCUT2D eigenvalue weighted by atomic mass is 9.45. The molecule has 4 aromatic rings. The van der Waals surface area contributed by atoms with Gasteiger partial charge in [0.05, 0.1) is 0 Å². The summed E-state index contributed by atoms with van der Waals surface area (Å²) in [5, 5.41) is 25.4. The molecule has 0 spiro atoms. The summed E-state index contributed by atoms with van der Waals surface area (Å²) in [7, 11) is 0. The van der Waals surface area contributed by atoms with E-state index >= 15 is 0 Å². The minimum Gasteiger partial charge on any atom is -0.450 e. The average molecular weight is 533 g/mol. The van der Waals surface area contributed by atoms with Crippen LogP contribution >= 0.6 is 0 Å². The summed E-state index contributed by atoms with van der Waals surface area (Å²) in [5.41, 5.74) is -6.12. The van der Waals surface area contributed by atoms with Crippen LogP contribution in [0.5, 0.6) is 0 Å². The average Bonchev–Trinajstić information content (AvgIpc) is 3.14. The number of Topliss-reactive ketones (excluding diaryl/α,β-unsaturated/α-hetero) is 1. The molecule has 3 fully saturated rings. The third-order valence-electron chi connectivity index (χ3n) is 9.03. The molecule has 6 unspecified atom stereocenters. The quantitative estimate of drug-likeness (QED) is 0.370. The summed E-state index contributed by atoms with van der Waals surface area (Å²) in [5.74, 6) is -2.14. The van der Waals surface area contributed by atoms with E-state index in [4.69, 9.17) is 9.47 Å². The molecular formula is C34H28O6. The number of carbonyl (C=O) groups excluding carboxylic acids is 2. The molecule has 2 saturated heterocycles. The number of carbonyl (C=O) groups is 2. The molecule has 6 nitrogen and oxygen atoms in total. The van der Waals surface area contributed by atoms with Crippen LogP contribution in [-0.4, -0.2) is 38.8 Å². The van der Waals surface area contributed by atoms with Crippen LogP contribution in [0.15, 0.2) is 121 Å². The molecule has 4 aromatic carbocycles. The van der Waals surface area contributed by atoms with Crippen molar-refractivity contribution in [3.8, 4) is 0 Å². The predicted molar refractivity (Wildman–Crippen MR) is 146 cm³/mol. The largest absolute Gasteiger partial charge is 0.450 e. The predicted octanol–water partition coefficient (Wildman–Crippen LogP) is 4.41. The summed E-state index contributed by atoms with van der Waals surface area (Å²) in [6.07, 6.45) is -1.16. The smallest absolute Gasteiger partial charge is 0.342 e. The van der Waals surface area contributed by atoms with Crippen LogP contribution in [0, 0.1) is 0 Å². The minimum absolute atomic E-state index is 0.113. The maximum atomic E-state index is 14.3. The molecule has 40 heavy (non-hydrogen) atoms. The summed E-state index contributed by atoms with van der Waals surface area (Å²) < 4.78 is 13.1. The second-order valence-electron chi connectivity index (χ2n) is 11.0. The van der Waals surface area contributed by atoms with Crippen molar-refractivity contribution in [3.05, 3.63) is 144 Å². The van der Waals surface area contributed by atoms with Crippen LogP contribution in [0.25, 0.3) is 0 Å².